The number of rotatable bonds is 5. The summed E-state index contributed by atoms with van der Waals surface area (Å²) in [6.07, 6.45) is 0. The van der Waals surface area contributed by atoms with Crippen LogP contribution in [0.15, 0.2) is 186 Å². The molecule has 234 valence electrons. The van der Waals surface area contributed by atoms with Gasteiger partial charge in [0.15, 0.2) is 0 Å². The minimum absolute atomic E-state index is 0.878. The number of benzene rings is 7. The topological polar surface area (TPSA) is 31.0 Å². The molecule has 0 unspecified atom stereocenters. The van der Waals surface area contributed by atoms with Gasteiger partial charge in [-0.1, -0.05) is 127 Å². The minimum atomic E-state index is 0.878. The molecule has 0 radical (unpaired) electrons. The number of para-hydroxylation sites is 3. The van der Waals surface area contributed by atoms with Crippen molar-refractivity contribution in [2.75, 3.05) is 0 Å². The van der Waals surface area contributed by atoms with Gasteiger partial charge in [0.25, 0.3) is 0 Å². The Morgan fingerprint density at radius 1 is 0.380 bits per heavy atom. The molecule has 10 rings (SSSR count). The molecule has 3 nitrogen and oxygen atoms in total. The zero-order chi connectivity index (χ0) is 33.0. The van der Waals surface area contributed by atoms with Gasteiger partial charge in [0.05, 0.1) is 22.4 Å². The summed E-state index contributed by atoms with van der Waals surface area (Å²) in [5.74, 6) is 0. The molecule has 0 saturated carbocycles. The number of furan rings is 1. The molecule has 0 aliphatic carbocycles. The second kappa shape index (κ2) is 11.5. The van der Waals surface area contributed by atoms with E-state index in [2.05, 4.69) is 174 Å². The summed E-state index contributed by atoms with van der Waals surface area (Å²) in [6.45, 7) is 0. The quantitative estimate of drug-likeness (QED) is 0.188. The van der Waals surface area contributed by atoms with Crippen molar-refractivity contribution in [2.45, 2.75) is 0 Å². The summed E-state index contributed by atoms with van der Waals surface area (Å²) in [6, 6.07) is 64.3. The summed E-state index contributed by atoms with van der Waals surface area (Å²) in [4.78, 5) is 5.38. The van der Waals surface area contributed by atoms with E-state index in [4.69, 9.17) is 9.40 Å². The van der Waals surface area contributed by atoms with Gasteiger partial charge in [-0.2, -0.15) is 0 Å². The number of nitrogens with zero attached hydrogens (tertiary/aromatic N) is 2. The van der Waals surface area contributed by atoms with Crippen molar-refractivity contribution < 1.29 is 4.42 Å². The van der Waals surface area contributed by atoms with Crippen molar-refractivity contribution in [1.82, 2.24) is 9.55 Å². The van der Waals surface area contributed by atoms with Crippen molar-refractivity contribution in [3.05, 3.63) is 182 Å². The highest BCUT2D eigenvalue weighted by Crippen LogP contribution is 2.40. The lowest BCUT2D eigenvalue weighted by molar-refractivity contribution is 0.669. The van der Waals surface area contributed by atoms with Crippen molar-refractivity contribution in [2.24, 2.45) is 0 Å². The molecule has 0 amide bonds. The van der Waals surface area contributed by atoms with E-state index in [1.807, 2.05) is 12.1 Å². The minimum Gasteiger partial charge on any atom is -0.456 e. The Morgan fingerprint density at radius 2 is 0.940 bits per heavy atom. The van der Waals surface area contributed by atoms with Crippen LogP contribution in [-0.2, 0) is 0 Å². The normalized spacial score (nSPS) is 11.6. The Morgan fingerprint density at radius 3 is 1.70 bits per heavy atom. The molecule has 0 fully saturated rings. The molecule has 3 aromatic heterocycles. The van der Waals surface area contributed by atoms with E-state index in [0.717, 1.165) is 66.8 Å². The maximum Gasteiger partial charge on any atom is 0.136 e. The molecular weight excluding hydrogens is 609 g/mol. The number of hydrogen-bond acceptors (Lipinski definition) is 2. The first-order chi connectivity index (χ1) is 24.8. The molecule has 7 aromatic carbocycles. The zero-order valence-corrected chi connectivity index (χ0v) is 27.1. The highest BCUT2D eigenvalue weighted by Gasteiger charge is 2.17. The smallest absolute Gasteiger partial charge is 0.136 e. The third-order valence-electron chi connectivity index (χ3n) is 9.78. The standard InChI is InChI=1S/C47H30N2O/c1-2-13-31(14-3-1)32-15-10-16-33(27-32)41-29-35(37-22-12-26-46-47(37)40-21-6-9-25-45(40)50-46)30-42(48-41)34-17-11-18-36(28-34)49-43-23-7-4-19-38(43)39-20-5-8-24-44(39)49/h1-30H. The van der Waals surface area contributed by atoms with Gasteiger partial charge in [0.1, 0.15) is 11.2 Å². The van der Waals surface area contributed by atoms with Crippen LogP contribution in [0.5, 0.6) is 0 Å². The van der Waals surface area contributed by atoms with Crippen LogP contribution in [0.1, 0.15) is 0 Å². The number of aromatic nitrogens is 2. The van der Waals surface area contributed by atoms with Crippen LogP contribution in [0, 0.1) is 0 Å². The monoisotopic (exact) mass is 638 g/mol. The first-order valence-corrected chi connectivity index (χ1v) is 17.0. The van der Waals surface area contributed by atoms with Crippen LogP contribution in [-0.4, -0.2) is 9.55 Å². The van der Waals surface area contributed by atoms with Crippen LogP contribution in [0.25, 0.3) is 94.2 Å². The molecular formula is C47H30N2O. The van der Waals surface area contributed by atoms with Crippen LogP contribution >= 0.6 is 0 Å². The first-order valence-electron chi connectivity index (χ1n) is 17.0. The Kier molecular flexibility index (Phi) is 6.49. The Bertz CT molecular complexity index is 2820. The highest BCUT2D eigenvalue weighted by molar-refractivity contribution is 6.13. The lowest BCUT2D eigenvalue weighted by atomic mass is 9.95. The summed E-state index contributed by atoms with van der Waals surface area (Å²) in [5.41, 5.74) is 13.7. The maximum atomic E-state index is 6.32. The predicted octanol–water partition coefficient (Wildman–Crippen LogP) is 12.7. The van der Waals surface area contributed by atoms with Gasteiger partial charge in [0, 0.05) is 38.4 Å². The van der Waals surface area contributed by atoms with Gasteiger partial charge in [-0.3, -0.25) is 0 Å². The third kappa shape index (κ3) is 4.63. The van der Waals surface area contributed by atoms with Gasteiger partial charge in [-0.15, -0.1) is 0 Å². The molecule has 0 saturated heterocycles. The molecule has 3 heterocycles. The fourth-order valence-electron chi connectivity index (χ4n) is 7.49. The number of fused-ring (bicyclic) bond motifs is 6. The van der Waals surface area contributed by atoms with E-state index in [1.54, 1.807) is 0 Å². The highest BCUT2D eigenvalue weighted by atomic mass is 16.3. The van der Waals surface area contributed by atoms with Crippen molar-refractivity contribution in [1.29, 1.82) is 0 Å². The summed E-state index contributed by atoms with van der Waals surface area (Å²) in [5, 5.41) is 4.71. The van der Waals surface area contributed by atoms with Crippen molar-refractivity contribution in [3.8, 4) is 50.5 Å². The second-order valence-electron chi connectivity index (χ2n) is 12.8. The van der Waals surface area contributed by atoms with Gasteiger partial charge in [-0.25, -0.2) is 4.98 Å². The molecule has 10 aromatic rings. The largest absolute Gasteiger partial charge is 0.456 e. The van der Waals surface area contributed by atoms with E-state index in [1.165, 1.54) is 27.4 Å². The van der Waals surface area contributed by atoms with Gasteiger partial charge >= 0.3 is 0 Å². The fourth-order valence-corrected chi connectivity index (χ4v) is 7.49. The van der Waals surface area contributed by atoms with Crippen LogP contribution in [0.4, 0.5) is 0 Å². The Hall–Kier alpha value is -6.71. The average molecular weight is 639 g/mol. The number of pyridine rings is 1. The van der Waals surface area contributed by atoms with E-state index in [0.29, 0.717) is 0 Å². The second-order valence-corrected chi connectivity index (χ2v) is 12.8. The van der Waals surface area contributed by atoms with Crippen LogP contribution in [0.2, 0.25) is 0 Å². The van der Waals surface area contributed by atoms with Crippen LogP contribution in [0.3, 0.4) is 0 Å². The third-order valence-corrected chi connectivity index (χ3v) is 9.78. The average Bonchev–Trinajstić information content (AvgIpc) is 3.74. The predicted molar refractivity (Wildman–Crippen MR) is 208 cm³/mol. The molecule has 0 N–H and O–H groups in total. The van der Waals surface area contributed by atoms with E-state index < -0.39 is 0 Å². The fraction of sp³-hybridized carbons (Fsp3) is 0. The van der Waals surface area contributed by atoms with E-state index in [-0.39, 0.29) is 0 Å². The summed E-state index contributed by atoms with van der Waals surface area (Å²) < 4.78 is 8.68. The lowest BCUT2D eigenvalue weighted by Gasteiger charge is -2.14. The van der Waals surface area contributed by atoms with Gasteiger partial charge in [0.2, 0.25) is 0 Å². The molecule has 0 spiro atoms. The van der Waals surface area contributed by atoms with Gasteiger partial charge in [-0.05, 0) is 76.9 Å². The molecule has 0 atom stereocenters. The first kappa shape index (κ1) is 28.3. The number of hydrogen-bond donors (Lipinski definition) is 0. The molecule has 0 bridgehead atoms. The SMILES string of the molecule is c1ccc(-c2cccc(-c3cc(-c4cccc5oc6ccccc6c45)cc(-c4cccc(-n5c6ccccc6c6ccccc65)c4)n3)c2)cc1. The Balaban J connectivity index is 1.20. The zero-order valence-electron chi connectivity index (χ0n) is 27.1. The Labute approximate surface area is 289 Å². The van der Waals surface area contributed by atoms with Crippen molar-refractivity contribution in [3.63, 3.8) is 0 Å². The van der Waals surface area contributed by atoms with Crippen molar-refractivity contribution >= 4 is 43.7 Å². The van der Waals surface area contributed by atoms with E-state index in [9.17, 15) is 0 Å². The lowest BCUT2D eigenvalue weighted by Crippen LogP contribution is -1.96. The van der Waals surface area contributed by atoms with Gasteiger partial charge < -0.3 is 8.98 Å². The van der Waals surface area contributed by atoms with Crippen LogP contribution < -0.4 is 0 Å². The molecule has 0 aliphatic heterocycles. The molecule has 0 aliphatic rings. The molecule has 50 heavy (non-hydrogen) atoms. The maximum absolute atomic E-state index is 6.32. The van der Waals surface area contributed by atoms with E-state index >= 15 is 0 Å². The summed E-state index contributed by atoms with van der Waals surface area (Å²) in [7, 11) is 0. The summed E-state index contributed by atoms with van der Waals surface area (Å²) >= 11 is 0. The molecule has 3 heteroatoms.